The third-order valence-corrected chi connectivity index (χ3v) is 5.66. The van der Waals surface area contributed by atoms with Gasteiger partial charge in [-0.05, 0) is 50.1 Å². The molecule has 0 aliphatic carbocycles. The monoisotopic (exact) mass is 455 g/mol. The molecule has 2 aromatic rings. The van der Waals surface area contributed by atoms with Crippen LogP contribution in [-0.2, 0) is 4.79 Å². The lowest BCUT2D eigenvalue weighted by atomic mass is 9.87. The average Bonchev–Trinajstić information content (AvgIpc) is 2.82. The normalized spacial score (nSPS) is 15.6. The summed E-state index contributed by atoms with van der Waals surface area (Å²) >= 11 is 0. The van der Waals surface area contributed by atoms with Crippen LogP contribution >= 0.6 is 0 Å². The predicted molar refractivity (Wildman–Crippen MR) is 127 cm³/mol. The number of carbonyl (C=O) groups is 1. The van der Waals surface area contributed by atoms with Crippen LogP contribution < -0.4 is 31.7 Å². The fraction of sp³-hybridized carbons (Fsp3) is 0.348. The fourth-order valence-electron chi connectivity index (χ4n) is 3.63. The van der Waals surface area contributed by atoms with E-state index in [-0.39, 0.29) is 11.4 Å². The van der Waals surface area contributed by atoms with Gasteiger partial charge in [-0.3, -0.25) is 10.2 Å². The fourth-order valence-corrected chi connectivity index (χ4v) is 3.63. The Bertz CT molecular complexity index is 985. The van der Waals surface area contributed by atoms with Gasteiger partial charge >= 0.3 is 0 Å². The number of nitrogens with two attached hydrogens (primary N) is 2. The van der Waals surface area contributed by atoms with Gasteiger partial charge in [0.1, 0.15) is 11.7 Å². The van der Waals surface area contributed by atoms with Crippen LogP contribution in [0.25, 0.3) is 0 Å². The SMILES string of the molecule is CCOc1ccc(N2CCC(CN)(N/C=C(\C(=N)Nc3ccc(F)cc3)C(N)=O)CC2)cn1. The van der Waals surface area contributed by atoms with Crippen LogP contribution in [0.15, 0.2) is 54.4 Å². The summed E-state index contributed by atoms with van der Waals surface area (Å²) in [6.07, 6.45) is 4.68. The Hall–Kier alpha value is -3.66. The standard InChI is InChI=1S/C23H30FN7O2/c1-2-33-20-8-7-18(13-28-20)31-11-9-23(15-25,10-12-31)29-14-19(22(27)32)21(26)30-17-5-3-16(24)4-6-17/h3-8,13-14,29H,2,9-12,15,25H2,1H3,(H2,26,30)(H2,27,32)/b19-14+. The Morgan fingerprint density at radius 1 is 1.27 bits per heavy atom. The van der Waals surface area contributed by atoms with Crippen LogP contribution in [0, 0.1) is 11.2 Å². The maximum atomic E-state index is 13.1. The van der Waals surface area contributed by atoms with E-state index < -0.39 is 17.3 Å². The number of hydrogen-bond acceptors (Lipinski definition) is 7. The lowest BCUT2D eigenvalue weighted by molar-refractivity contribution is -0.114. The highest BCUT2D eigenvalue weighted by Crippen LogP contribution is 2.26. The zero-order valence-electron chi connectivity index (χ0n) is 18.6. The molecule has 0 radical (unpaired) electrons. The van der Waals surface area contributed by atoms with Crippen molar-refractivity contribution in [1.82, 2.24) is 10.3 Å². The van der Waals surface area contributed by atoms with Crippen molar-refractivity contribution >= 4 is 23.1 Å². The molecule has 7 N–H and O–H groups in total. The van der Waals surface area contributed by atoms with Crippen molar-refractivity contribution in [1.29, 1.82) is 5.41 Å². The van der Waals surface area contributed by atoms with Crippen LogP contribution in [0.2, 0.25) is 0 Å². The van der Waals surface area contributed by atoms with Crippen LogP contribution in [0.5, 0.6) is 5.88 Å². The highest BCUT2D eigenvalue weighted by atomic mass is 19.1. The number of piperidine rings is 1. The molecule has 176 valence electrons. The minimum atomic E-state index is -0.757. The first-order valence-corrected chi connectivity index (χ1v) is 10.8. The van der Waals surface area contributed by atoms with E-state index in [0.29, 0.717) is 24.7 Å². The number of nitrogens with one attached hydrogen (secondary N) is 3. The van der Waals surface area contributed by atoms with Gasteiger partial charge in [0.05, 0.1) is 29.6 Å². The van der Waals surface area contributed by atoms with Crippen molar-refractivity contribution in [3.63, 3.8) is 0 Å². The van der Waals surface area contributed by atoms with E-state index in [9.17, 15) is 9.18 Å². The van der Waals surface area contributed by atoms with E-state index in [1.165, 1.54) is 30.5 Å². The average molecular weight is 456 g/mol. The first-order chi connectivity index (χ1) is 15.9. The van der Waals surface area contributed by atoms with Crippen LogP contribution in [0.3, 0.4) is 0 Å². The van der Waals surface area contributed by atoms with Crippen molar-refractivity contribution < 1.29 is 13.9 Å². The minimum absolute atomic E-state index is 0.0229. The molecule has 1 aliphatic heterocycles. The summed E-state index contributed by atoms with van der Waals surface area (Å²) in [5.74, 6) is -0.743. The number of nitrogens with zero attached hydrogens (tertiary/aromatic N) is 2. The summed E-state index contributed by atoms with van der Waals surface area (Å²) in [6, 6.07) is 9.31. The van der Waals surface area contributed by atoms with Gasteiger partial charge in [-0.2, -0.15) is 0 Å². The number of amides is 1. The molecule has 3 rings (SSSR count). The lowest BCUT2D eigenvalue weighted by Crippen LogP contribution is -2.56. The molecule has 10 heteroatoms. The molecule has 33 heavy (non-hydrogen) atoms. The molecule has 0 saturated carbocycles. The highest BCUT2D eigenvalue weighted by Gasteiger charge is 2.33. The molecule has 1 amide bonds. The van der Waals surface area contributed by atoms with E-state index in [4.69, 9.17) is 21.6 Å². The topological polar surface area (TPSA) is 142 Å². The summed E-state index contributed by atoms with van der Waals surface area (Å²) in [6.45, 7) is 4.32. The predicted octanol–water partition coefficient (Wildman–Crippen LogP) is 1.97. The van der Waals surface area contributed by atoms with Crippen molar-refractivity contribution in [3.8, 4) is 5.88 Å². The third-order valence-electron chi connectivity index (χ3n) is 5.66. The second kappa shape index (κ2) is 10.8. The van der Waals surface area contributed by atoms with Crippen LogP contribution in [-0.4, -0.2) is 48.5 Å². The zero-order chi connectivity index (χ0) is 23.8. The molecule has 2 heterocycles. The van der Waals surface area contributed by atoms with Gasteiger partial charge in [0.2, 0.25) is 5.88 Å². The summed E-state index contributed by atoms with van der Waals surface area (Å²) in [5, 5.41) is 14.2. The summed E-state index contributed by atoms with van der Waals surface area (Å²) in [5.41, 5.74) is 12.6. The van der Waals surface area contributed by atoms with Crippen molar-refractivity contribution in [2.24, 2.45) is 11.5 Å². The van der Waals surface area contributed by atoms with Gasteiger partial charge in [-0.25, -0.2) is 9.37 Å². The third kappa shape index (κ3) is 6.19. The Morgan fingerprint density at radius 2 is 1.97 bits per heavy atom. The minimum Gasteiger partial charge on any atom is -0.478 e. The molecule has 1 aromatic carbocycles. The molecule has 1 aliphatic rings. The van der Waals surface area contributed by atoms with Crippen molar-refractivity contribution in [2.75, 3.05) is 36.5 Å². The zero-order valence-corrected chi connectivity index (χ0v) is 18.6. The molecule has 0 spiro atoms. The number of aromatic nitrogens is 1. The number of carbonyl (C=O) groups excluding carboxylic acids is 1. The molecule has 1 aromatic heterocycles. The van der Waals surface area contributed by atoms with Gasteiger partial charge in [0, 0.05) is 37.6 Å². The van der Waals surface area contributed by atoms with E-state index in [1.807, 2.05) is 19.1 Å². The maximum Gasteiger partial charge on any atom is 0.253 e. The molecule has 1 fully saturated rings. The molecule has 0 unspecified atom stereocenters. The first-order valence-electron chi connectivity index (χ1n) is 10.8. The number of primary amides is 1. The molecular weight excluding hydrogens is 425 g/mol. The van der Waals surface area contributed by atoms with E-state index in [1.54, 1.807) is 6.20 Å². The molecule has 0 atom stereocenters. The largest absolute Gasteiger partial charge is 0.478 e. The van der Waals surface area contributed by atoms with Crippen molar-refractivity contribution in [2.45, 2.75) is 25.3 Å². The van der Waals surface area contributed by atoms with Crippen LogP contribution in [0.1, 0.15) is 19.8 Å². The smallest absolute Gasteiger partial charge is 0.253 e. The number of pyridine rings is 1. The highest BCUT2D eigenvalue weighted by molar-refractivity contribution is 6.23. The van der Waals surface area contributed by atoms with E-state index in [0.717, 1.165) is 31.6 Å². The number of anilines is 2. The molecule has 0 bridgehead atoms. The summed E-state index contributed by atoms with van der Waals surface area (Å²) in [4.78, 5) is 18.5. The van der Waals surface area contributed by atoms with E-state index >= 15 is 0 Å². The van der Waals surface area contributed by atoms with Gasteiger partial charge in [-0.1, -0.05) is 0 Å². The Kier molecular flexibility index (Phi) is 7.83. The number of hydrogen-bond donors (Lipinski definition) is 5. The second-order valence-electron chi connectivity index (χ2n) is 7.83. The lowest BCUT2D eigenvalue weighted by Gasteiger charge is -2.42. The number of rotatable bonds is 9. The number of benzene rings is 1. The Morgan fingerprint density at radius 3 is 2.52 bits per heavy atom. The molecule has 1 saturated heterocycles. The Balaban J connectivity index is 1.64. The quantitative estimate of drug-likeness (QED) is 0.221. The van der Waals surface area contributed by atoms with Crippen LogP contribution in [0.4, 0.5) is 15.8 Å². The summed E-state index contributed by atoms with van der Waals surface area (Å²) < 4.78 is 18.5. The number of amidine groups is 1. The Labute approximate surface area is 192 Å². The maximum absolute atomic E-state index is 13.1. The molecule has 9 nitrogen and oxygen atoms in total. The molecular formula is C23H30FN7O2. The first kappa shape index (κ1) is 24.0. The second-order valence-corrected chi connectivity index (χ2v) is 7.83. The van der Waals surface area contributed by atoms with E-state index in [2.05, 4.69) is 20.5 Å². The summed E-state index contributed by atoms with van der Waals surface area (Å²) in [7, 11) is 0. The van der Waals surface area contributed by atoms with Crippen molar-refractivity contribution in [3.05, 3.63) is 60.2 Å². The van der Waals surface area contributed by atoms with Gasteiger partial charge in [0.15, 0.2) is 0 Å². The number of halogens is 1. The van der Waals surface area contributed by atoms with Gasteiger partial charge < -0.3 is 31.7 Å². The van der Waals surface area contributed by atoms with Gasteiger partial charge in [-0.15, -0.1) is 0 Å². The van der Waals surface area contributed by atoms with Gasteiger partial charge in [0.25, 0.3) is 5.91 Å². The number of ether oxygens (including phenoxy) is 1.